The van der Waals surface area contributed by atoms with Gasteiger partial charge in [0.05, 0.1) is 14.2 Å². The molecule has 62 valence electrons. The van der Waals surface area contributed by atoms with Gasteiger partial charge in [0, 0.05) is 9.52 Å². The Bertz CT molecular complexity index is 68.8. The molecule has 0 atom stereocenters. The smallest absolute Gasteiger partial charge is 0.144 e. The van der Waals surface area contributed by atoms with Gasteiger partial charge in [-0.2, -0.15) is 0 Å². The summed E-state index contributed by atoms with van der Waals surface area (Å²) in [6.07, 6.45) is 1.27. The maximum absolute atomic E-state index is 5.07. The second-order valence-electron chi connectivity index (χ2n) is 2.05. The zero-order valence-electron chi connectivity index (χ0n) is 7.05. The lowest BCUT2D eigenvalue weighted by molar-refractivity contribution is 0.358. The lowest BCUT2D eigenvalue weighted by atomic mass is 10.6. The molecule has 0 saturated heterocycles. The summed E-state index contributed by atoms with van der Waals surface area (Å²) in [5, 5.41) is 0. The highest BCUT2D eigenvalue weighted by Crippen LogP contribution is 2.02. The Morgan fingerprint density at radius 1 is 1.30 bits per heavy atom. The summed E-state index contributed by atoms with van der Waals surface area (Å²) >= 11 is -0.218. The molecule has 0 spiro atoms. The van der Waals surface area contributed by atoms with Gasteiger partial charge < -0.3 is 0 Å². The first-order valence-corrected chi connectivity index (χ1v) is 7.30. The Balaban J connectivity index is 3.09. The number of rotatable bonds is 6. The van der Waals surface area contributed by atoms with Gasteiger partial charge in [0.15, 0.2) is 5.75 Å². The highest BCUT2D eigenvalue weighted by Gasteiger charge is 2.16. The van der Waals surface area contributed by atoms with Gasteiger partial charge in [-0.1, -0.05) is 12.6 Å². The van der Waals surface area contributed by atoms with Crippen molar-refractivity contribution in [3.8, 4) is 0 Å². The molecule has 0 aliphatic rings. The Morgan fingerprint density at radius 3 is 2.30 bits per heavy atom. The van der Waals surface area contributed by atoms with E-state index in [1.54, 1.807) is 14.2 Å². The topological polar surface area (TPSA) is 18.5 Å². The van der Waals surface area contributed by atoms with Crippen LogP contribution in [0.25, 0.3) is 0 Å². The normalized spacial score (nSPS) is 12.0. The summed E-state index contributed by atoms with van der Waals surface area (Å²) in [4.78, 5) is 0. The lowest BCUT2D eigenvalue weighted by Crippen LogP contribution is -2.11. The van der Waals surface area contributed by atoms with Crippen molar-refractivity contribution in [1.82, 2.24) is 0 Å². The van der Waals surface area contributed by atoms with E-state index in [9.17, 15) is 0 Å². The minimum atomic E-state index is -0.218. The van der Waals surface area contributed by atoms with Crippen LogP contribution >= 0.6 is 0 Å². The van der Waals surface area contributed by atoms with Crippen LogP contribution in [0.1, 0.15) is 6.42 Å². The van der Waals surface area contributed by atoms with E-state index in [0.29, 0.717) is 0 Å². The van der Waals surface area contributed by atoms with Crippen LogP contribution in [-0.4, -0.2) is 29.5 Å². The van der Waals surface area contributed by atoms with Gasteiger partial charge in [-0.05, 0) is 6.42 Å². The molecule has 10 heavy (non-hydrogen) atoms. The van der Waals surface area contributed by atoms with E-state index in [-0.39, 0.29) is 21.0 Å². The van der Waals surface area contributed by atoms with Crippen molar-refractivity contribution < 1.29 is 8.37 Å². The third-order valence-electron chi connectivity index (χ3n) is 1.29. The molecule has 0 unspecified atom stereocenters. The molecule has 0 heterocycles. The SMILES string of the molecule is CO[S+](CCC[SiH2]C)OC. The molecule has 0 aliphatic carbocycles. The fraction of sp³-hybridized carbons (Fsp3) is 1.00. The van der Waals surface area contributed by atoms with E-state index in [2.05, 4.69) is 6.55 Å². The maximum Gasteiger partial charge on any atom is 0.314 e. The summed E-state index contributed by atoms with van der Waals surface area (Å²) in [5.74, 6) is 1.08. The molecule has 0 N–H and O–H groups in total. The Hall–Kier alpha value is 0.487. The highest BCUT2D eigenvalue weighted by molar-refractivity contribution is 7.87. The van der Waals surface area contributed by atoms with Crippen molar-refractivity contribution in [1.29, 1.82) is 0 Å². The predicted octanol–water partition coefficient (Wildman–Crippen LogP) is 0.753. The third kappa shape index (κ3) is 5.29. The summed E-state index contributed by atoms with van der Waals surface area (Å²) in [6, 6.07) is 1.41. The van der Waals surface area contributed by atoms with Gasteiger partial charge >= 0.3 is 11.5 Å². The molecule has 0 rings (SSSR count). The summed E-state index contributed by atoms with van der Waals surface area (Å²) in [5.41, 5.74) is 0. The van der Waals surface area contributed by atoms with Crippen LogP contribution in [0.3, 0.4) is 0 Å². The minimum absolute atomic E-state index is 0.218. The number of hydrogen-bond acceptors (Lipinski definition) is 2. The van der Waals surface area contributed by atoms with Crippen LogP contribution in [0, 0.1) is 0 Å². The number of hydrogen-bond donors (Lipinski definition) is 0. The van der Waals surface area contributed by atoms with Crippen LogP contribution in [0.15, 0.2) is 0 Å². The first-order chi connectivity index (χ1) is 4.85. The summed E-state index contributed by atoms with van der Waals surface area (Å²) in [7, 11) is 3.66. The molecule has 4 heteroatoms. The Labute approximate surface area is 68.9 Å². The van der Waals surface area contributed by atoms with Crippen molar-refractivity contribution in [2.45, 2.75) is 19.0 Å². The van der Waals surface area contributed by atoms with E-state index in [4.69, 9.17) is 8.37 Å². The highest BCUT2D eigenvalue weighted by atomic mass is 32.2. The molecule has 0 aromatic carbocycles. The molecular weight excluding hydrogens is 164 g/mol. The molecule has 0 saturated carbocycles. The zero-order valence-corrected chi connectivity index (χ0v) is 9.28. The van der Waals surface area contributed by atoms with Gasteiger partial charge in [0.2, 0.25) is 0 Å². The second kappa shape index (κ2) is 7.59. The molecule has 0 aromatic rings. The van der Waals surface area contributed by atoms with Gasteiger partial charge in [-0.15, -0.1) is 8.37 Å². The Morgan fingerprint density at radius 2 is 1.90 bits per heavy atom. The van der Waals surface area contributed by atoms with Gasteiger partial charge in [0.1, 0.15) is 0 Å². The third-order valence-corrected chi connectivity index (χ3v) is 3.86. The van der Waals surface area contributed by atoms with Crippen molar-refractivity contribution in [3.63, 3.8) is 0 Å². The first-order valence-electron chi connectivity index (χ1n) is 3.65. The zero-order chi connectivity index (χ0) is 7.82. The van der Waals surface area contributed by atoms with Crippen LogP contribution in [0.2, 0.25) is 12.6 Å². The molecule has 2 nitrogen and oxygen atoms in total. The molecule has 0 amide bonds. The quantitative estimate of drug-likeness (QED) is 0.342. The Kier molecular flexibility index (Phi) is 7.96. The van der Waals surface area contributed by atoms with Gasteiger partial charge in [-0.25, -0.2) is 0 Å². The molecule has 0 fully saturated rings. The van der Waals surface area contributed by atoms with Crippen molar-refractivity contribution >= 4 is 21.0 Å². The van der Waals surface area contributed by atoms with E-state index < -0.39 is 0 Å². The van der Waals surface area contributed by atoms with E-state index in [1.807, 2.05) is 0 Å². The van der Waals surface area contributed by atoms with E-state index >= 15 is 0 Å². The van der Waals surface area contributed by atoms with Crippen LogP contribution in [0.4, 0.5) is 0 Å². The van der Waals surface area contributed by atoms with E-state index in [0.717, 1.165) is 5.75 Å². The average Bonchev–Trinajstić information content (AvgIpc) is 1.99. The van der Waals surface area contributed by atoms with Gasteiger partial charge in [-0.3, -0.25) is 0 Å². The van der Waals surface area contributed by atoms with Crippen molar-refractivity contribution in [2.75, 3.05) is 20.0 Å². The predicted molar refractivity (Wildman–Crippen MR) is 50.1 cm³/mol. The molecule has 0 bridgehead atoms. The summed E-state index contributed by atoms with van der Waals surface area (Å²) < 4.78 is 10.1. The molecule has 0 aromatic heterocycles. The standard InChI is InChI=1S/C6H17O2SSi/c1-7-9(8-2)5-4-6-10-3/h4-6,10H2,1-3H3/q+1. The van der Waals surface area contributed by atoms with Crippen LogP contribution in [0.5, 0.6) is 0 Å². The summed E-state index contributed by atoms with van der Waals surface area (Å²) in [6.45, 7) is 2.33. The second-order valence-corrected chi connectivity index (χ2v) is 5.44. The van der Waals surface area contributed by atoms with Crippen LogP contribution in [-0.2, 0) is 19.8 Å². The monoisotopic (exact) mass is 181 g/mol. The van der Waals surface area contributed by atoms with Gasteiger partial charge in [0.25, 0.3) is 0 Å². The van der Waals surface area contributed by atoms with Crippen molar-refractivity contribution in [3.05, 3.63) is 0 Å². The minimum Gasteiger partial charge on any atom is -0.144 e. The maximum atomic E-state index is 5.07. The molecule has 0 aliphatic heterocycles. The average molecular weight is 181 g/mol. The molecular formula is C6H17O2SSi+. The first kappa shape index (κ1) is 10.5. The largest absolute Gasteiger partial charge is 0.314 e. The fourth-order valence-corrected chi connectivity index (χ4v) is 2.73. The van der Waals surface area contributed by atoms with Crippen LogP contribution < -0.4 is 0 Å². The molecule has 0 radical (unpaired) electrons. The van der Waals surface area contributed by atoms with E-state index in [1.165, 1.54) is 12.5 Å². The lowest BCUT2D eigenvalue weighted by Gasteiger charge is -1.97. The van der Waals surface area contributed by atoms with Crippen molar-refractivity contribution in [2.24, 2.45) is 0 Å². The fourth-order valence-electron chi connectivity index (χ4n) is 0.705.